The molecule has 0 fully saturated rings. The first-order valence-corrected chi connectivity index (χ1v) is 13.9. The third-order valence-electron chi connectivity index (χ3n) is 7.16. The number of ether oxygens (including phenoxy) is 2. The summed E-state index contributed by atoms with van der Waals surface area (Å²) in [7, 11) is 0. The lowest BCUT2D eigenvalue weighted by molar-refractivity contribution is -0.157. The van der Waals surface area contributed by atoms with Gasteiger partial charge in [0.1, 0.15) is 17.4 Å². The lowest BCUT2D eigenvalue weighted by atomic mass is 9.98. The average molecular weight is 598 g/mol. The molecule has 11 heteroatoms. The molecule has 0 aliphatic carbocycles. The summed E-state index contributed by atoms with van der Waals surface area (Å²) in [5.41, 5.74) is 1.60. The van der Waals surface area contributed by atoms with Crippen LogP contribution in [0.4, 0.5) is 0 Å². The van der Waals surface area contributed by atoms with Gasteiger partial charge in [0, 0.05) is 17.3 Å². The van der Waals surface area contributed by atoms with Gasteiger partial charge < -0.3 is 24.0 Å². The Morgan fingerprint density at radius 1 is 1.00 bits per heavy atom. The van der Waals surface area contributed by atoms with Crippen LogP contribution in [0.15, 0.2) is 76.4 Å². The Kier molecular flexibility index (Phi) is 7.73. The number of carboxylic acid groups (broad SMARTS) is 1. The average Bonchev–Trinajstić information content (AvgIpc) is 3.26. The molecule has 11 nitrogen and oxygen atoms in total. The Balaban J connectivity index is 1.53. The molecule has 0 radical (unpaired) electrons. The number of pyridine rings is 1. The van der Waals surface area contributed by atoms with Gasteiger partial charge in [0.15, 0.2) is 6.61 Å². The maximum atomic E-state index is 14.0. The van der Waals surface area contributed by atoms with E-state index < -0.39 is 34.8 Å². The molecule has 0 bridgehead atoms. The van der Waals surface area contributed by atoms with Crippen molar-refractivity contribution in [2.24, 2.45) is 0 Å². The smallest absolute Gasteiger partial charge is 0.344 e. The number of carbonyl (C=O) groups is 3. The first-order valence-electron chi connectivity index (χ1n) is 13.9. The minimum absolute atomic E-state index is 0.0178. The van der Waals surface area contributed by atoms with Crippen LogP contribution in [-0.2, 0) is 14.3 Å². The van der Waals surface area contributed by atoms with Crippen LogP contribution in [-0.4, -0.2) is 49.0 Å². The van der Waals surface area contributed by atoms with Gasteiger partial charge in [-0.05, 0) is 88.2 Å². The number of benzene rings is 2. The quantitative estimate of drug-likeness (QED) is 0.196. The van der Waals surface area contributed by atoms with Crippen molar-refractivity contribution >= 4 is 34.1 Å². The van der Waals surface area contributed by atoms with Crippen LogP contribution in [0.2, 0.25) is 0 Å². The third-order valence-corrected chi connectivity index (χ3v) is 7.16. The van der Waals surface area contributed by atoms with Crippen LogP contribution in [0.5, 0.6) is 5.75 Å². The number of aromatic amines is 1. The molecule has 2 aromatic carbocycles. The molecule has 0 aliphatic heterocycles. The van der Waals surface area contributed by atoms with E-state index >= 15 is 0 Å². The lowest BCUT2D eigenvalue weighted by Gasteiger charge is -2.19. The van der Waals surface area contributed by atoms with Crippen molar-refractivity contribution in [1.82, 2.24) is 14.0 Å². The monoisotopic (exact) mass is 597 g/mol. The fraction of sp³-hybridized carbons (Fsp3) is 0.242. The van der Waals surface area contributed by atoms with Crippen molar-refractivity contribution < 1.29 is 29.0 Å². The molecule has 3 heterocycles. The number of nitrogens with one attached hydrogen (secondary N) is 1. The van der Waals surface area contributed by atoms with Gasteiger partial charge in [-0.2, -0.15) is 0 Å². The van der Waals surface area contributed by atoms with Crippen LogP contribution in [0.1, 0.15) is 55.4 Å². The second kappa shape index (κ2) is 11.3. The van der Waals surface area contributed by atoms with Crippen molar-refractivity contribution in [3.8, 4) is 16.9 Å². The maximum Gasteiger partial charge on any atom is 0.344 e. The molecule has 5 rings (SSSR count). The van der Waals surface area contributed by atoms with Gasteiger partial charge in [0.25, 0.3) is 5.56 Å². The van der Waals surface area contributed by atoms with E-state index in [0.717, 1.165) is 16.6 Å². The summed E-state index contributed by atoms with van der Waals surface area (Å²) < 4.78 is 13.3. The summed E-state index contributed by atoms with van der Waals surface area (Å²) in [4.78, 5) is 65.7. The number of rotatable bonds is 8. The van der Waals surface area contributed by atoms with E-state index in [-0.39, 0.29) is 28.9 Å². The minimum Gasteiger partial charge on any atom is -0.482 e. The standard InChI is InChI=1S/C33H31N3O8/c1-18-27(20-9-12-22(13-10-20)43-17-26(37)44-33(3,4)5)25-8-6-7-15-35(25)28(18)29(38)21-11-14-24-23(16-21)30(39)36(32(42)34-24)19(2)31(40)41/h6-16,19H,17H2,1-5H3,(H,34,42)(H,40,41). The Morgan fingerprint density at radius 3 is 2.36 bits per heavy atom. The van der Waals surface area contributed by atoms with Crippen molar-refractivity contribution in [3.63, 3.8) is 0 Å². The zero-order valence-corrected chi connectivity index (χ0v) is 24.8. The Hall–Kier alpha value is -5.45. The highest BCUT2D eigenvalue weighted by molar-refractivity contribution is 6.12. The van der Waals surface area contributed by atoms with Crippen LogP contribution in [0.25, 0.3) is 27.5 Å². The van der Waals surface area contributed by atoms with Crippen molar-refractivity contribution in [3.05, 3.63) is 105 Å². The van der Waals surface area contributed by atoms with Gasteiger partial charge in [-0.1, -0.05) is 18.2 Å². The number of nitrogens with zero attached hydrogens (tertiary/aromatic N) is 2. The molecule has 3 aromatic heterocycles. The fourth-order valence-electron chi connectivity index (χ4n) is 5.18. The summed E-state index contributed by atoms with van der Waals surface area (Å²) in [5, 5.41) is 9.40. The Morgan fingerprint density at radius 2 is 1.70 bits per heavy atom. The third kappa shape index (κ3) is 5.63. The van der Waals surface area contributed by atoms with E-state index in [1.54, 1.807) is 49.6 Å². The highest BCUT2D eigenvalue weighted by Gasteiger charge is 2.25. The van der Waals surface area contributed by atoms with Gasteiger partial charge in [-0.15, -0.1) is 0 Å². The van der Waals surface area contributed by atoms with Crippen molar-refractivity contribution in [2.45, 2.75) is 46.3 Å². The molecule has 1 atom stereocenters. The number of carboxylic acids is 1. The topological polar surface area (TPSA) is 149 Å². The van der Waals surface area contributed by atoms with E-state index in [1.165, 1.54) is 25.1 Å². The predicted octanol–water partition coefficient (Wildman–Crippen LogP) is 4.52. The van der Waals surface area contributed by atoms with E-state index in [9.17, 15) is 29.1 Å². The lowest BCUT2D eigenvalue weighted by Crippen LogP contribution is -2.39. The minimum atomic E-state index is -1.40. The molecule has 44 heavy (non-hydrogen) atoms. The highest BCUT2D eigenvalue weighted by atomic mass is 16.6. The number of aliphatic carboxylic acids is 1. The summed E-state index contributed by atoms with van der Waals surface area (Å²) in [5.74, 6) is -1.70. The van der Waals surface area contributed by atoms with E-state index in [4.69, 9.17) is 9.47 Å². The number of H-pyrrole nitrogens is 1. The molecule has 226 valence electrons. The van der Waals surface area contributed by atoms with Crippen LogP contribution in [0.3, 0.4) is 0 Å². The second-order valence-electron chi connectivity index (χ2n) is 11.4. The highest BCUT2D eigenvalue weighted by Crippen LogP contribution is 2.35. The van der Waals surface area contributed by atoms with Gasteiger partial charge in [0.2, 0.25) is 5.78 Å². The second-order valence-corrected chi connectivity index (χ2v) is 11.4. The van der Waals surface area contributed by atoms with Gasteiger partial charge in [-0.25, -0.2) is 19.0 Å². The molecule has 1 unspecified atom stereocenters. The van der Waals surface area contributed by atoms with Gasteiger partial charge in [-0.3, -0.25) is 9.59 Å². The number of ketones is 1. The van der Waals surface area contributed by atoms with Gasteiger partial charge >= 0.3 is 17.6 Å². The normalized spacial score (nSPS) is 12.3. The molecule has 0 spiro atoms. The van der Waals surface area contributed by atoms with Crippen LogP contribution in [0, 0.1) is 6.92 Å². The number of hydrogen-bond donors (Lipinski definition) is 2. The molecule has 5 aromatic rings. The summed E-state index contributed by atoms with van der Waals surface area (Å²) in [6, 6.07) is 15.7. The predicted molar refractivity (Wildman–Crippen MR) is 164 cm³/mol. The number of carbonyl (C=O) groups excluding carboxylic acids is 2. The van der Waals surface area contributed by atoms with E-state index in [1.807, 2.05) is 31.2 Å². The van der Waals surface area contributed by atoms with E-state index in [0.29, 0.717) is 21.6 Å². The maximum absolute atomic E-state index is 14.0. The van der Waals surface area contributed by atoms with Crippen molar-refractivity contribution in [2.75, 3.05) is 6.61 Å². The zero-order chi connectivity index (χ0) is 31.9. The van der Waals surface area contributed by atoms with E-state index in [2.05, 4.69) is 4.98 Å². The number of esters is 1. The first-order chi connectivity index (χ1) is 20.8. The Labute approximate surface area is 251 Å². The molecule has 0 amide bonds. The Bertz CT molecular complexity index is 2060. The molecule has 0 saturated carbocycles. The fourth-order valence-corrected chi connectivity index (χ4v) is 5.18. The molecular formula is C33H31N3O8. The zero-order valence-electron chi connectivity index (χ0n) is 24.8. The molecule has 2 N–H and O–H groups in total. The number of aromatic nitrogens is 3. The number of hydrogen-bond acceptors (Lipinski definition) is 7. The van der Waals surface area contributed by atoms with Crippen LogP contribution < -0.4 is 16.0 Å². The van der Waals surface area contributed by atoms with Crippen LogP contribution >= 0.6 is 0 Å². The SMILES string of the molecule is Cc1c(-c2ccc(OCC(=O)OC(C)(C)C)cc2)c2ccccn2c1C(=O)c1ccc2[nH]c(=O)n(C(C)C(=O)O)c(=O)c2c1. The largest absolute Gasteiger partial charge is 0.482 e. The summed E-state index contributed by atoms with van der Waals surface area (Å²) in [6.07, 6.45) is 1.78. The molecule has 0 saturated heterocycles. The number of fused-ring (bicyclic) bond motifs is 2. The molecular weight excluding hydrogens is 566 g/mol. The molecule has 0 aliphatic rings. The van der Waals surface area contributed by atoms with Crippen molar-refractivity contribution in [1.29, 1.82) is 0 Å². The van der Waals surface area contributed by atoms with Gasteiger partial charge in [0.05, 0.1) is 22.1 Å². The summed E-state index contributed by atoms with van der Waals surface area (Å²) >= 11 is 0. The summed E-state index contributed by atoms with van der Waals surface area (Å²) in [6.45, 7) is 8.18. The first kappa shape index (κ1) is 30.0.